The Morgan fingerprint density at radius 3 is 2.32 bits per heavy atom. The number of nitrogens with one attached hydrogen (secondary N) is 1. The fourth-order valence-electron chi connectivity index (χ4n) is 2.78. The molecule has 0 saturated heterocycles. The SMILES string of the molecule is COc1ccc([C@@H](NC(=O)[C@@H](C)Oc2ccc(F)cc2)c2nccn2C)cc1. The van der Waals surface area contributed by atoms with E-state index in [9.17, 15) is 9.18 Å². The van der Waals surface area contributed by atoms with Crippen LogP contribution in [-0.4, -0.2) is 28.7 Å². The lowest BCUT2D eigenvalue weighted by molar-refractivity contribution is -0.127. The number of carbonyl (C=O) groups excluding carboxylic acids is 1. The van der Waals surface area contributed by atoms with E-state index in [0.29, 0.717) is 11.6 Å². The van der Waals surface area contributed by atoms with Gasteiger partial charge in [-0.25, -0.2) is 9.37 Å². The molecule has 2 aromatic carbocycles. The third-order valence-electron chi connectivity index (χ3n) is 4.35. The Balaban J connectivity index is 1.79. The fourth-order valence-corrected chi connectivity index (χ4v) is 2.78. The quantitative estimate of drug-likeness (QED) is 0.680. The van der Waals surface area contributed by atoms with E-state index in [-0.39, 0.29) is 11.7 Å². The van der Waals surface area contributed by atoms with E-state index >= 15 is 0 Å². The minimum absolute atomic E-state index is 0.312. The number of aryl methyl sites for hydroxylation is 1. The first-order valence-corrected chi connectivity index (χ1v) is 8.81. The zero-order chi connectivity index (χ0) is 20.1. The Hall–Kier alpha value is -3.35. The Bertz CT molecular complexity index is 923. The Morgan fingerprint density at radius 1 is 1.11 bits per heavy atom. The molecule has 0 aliphatic carbocycles. The number of imidazole rings is 1. The summed E-state index contributed by atoms with van der Waals surface area (Å²) in [5, 5.41) is 2.98. The molecule has 0 unspecified atom stereocenters. The maximum Gasteiger partial charge on any atom is 0.261 e. The number of hydrogen-bond donors (Lipinski definition) is 1. The van der Waals surface area contributed by atoms with Crippen LogP contribution in [-0.2, 0) is 11.8 Å². The van der Waals surface area contributed by atoms with Gasteiger partial charge in [-0.1, -0.05) is 12.1 Å². The van der Waals surface area contributed by atoms with Gasteiger partial charge in [-0.3, -0.25) is 4.79 Å². The van der Waals surface area contributed by atoms with Crippen molar-refractivity contribution in [3.05, 3.63) is 78.1 Å². The third-order valence-corrected chi connectivity index (χ3v) is 4.35. The van der Waals surface area contributed by atoms with E-state index in [0.717, 1.165) is 11.3 Å². The summed E-state index contributed by atoms with van der Waals surface area (Å²) in [6.07, 6.45) is 2.72. The normalized spacial score (nSPS) is 12.9. The lowest BCUT2D eigenvalue weighted by atomic mass is 10.1. The van der Waals surface area contributed by atoms with Crippen molar-refractivity contribution in [1.82, 2.24) is 14.9 Å². The zero-order valence-corrected chi connectivity index (χ0v) is 15.9. The van der Waals surface area contributed by atoms with Crippen LogP contribution in [0.1, 0.15) is 24.4 Å². The second-order valence-electron chi connectivity index (χ2n) is 6.33. The highest BCUT2D eigenvalue weighted by Crippen LogP contribution is 2.23. The zero-order valence-electron chi connectivity index (χ0n) is 15.9. The first-order valence-electron chi connectivity index (χ1n) is 8.81. The summed E-state index contributed by atoms with van der Waals surface area (Å²) < 4.78 is 25.7. The number of nitrogens with zero attached hydrogens (tertiary/aromatic N) is 2. The van der Waals surface area contributed by atoms with Crippen LogP contribution >= 0.6 is 0 Å². The average molecular weight is 383 g/mol. The molecule has 2 atom stereocenters. The number of halogens is 1. The molecule has 7 heteroatoms. The summed E-state index contributed by atoms with van der Waals surface area (Å²) in [6.45, 7) is 1.64. The van der Waals surface area contributed by atoms with E-state index < -0.39 is 12.1 Å². The minimum atomic E-state index is -0.772. The number of aromatic nitrogens is 2. The highest BCUT2D eigenvalue weighted by atomic mass is 19.1. The molecule has 6 nitrogen and oxygen atoms in total. The minimum Gasteiger partial charge on any atom is -0.497 e. The monoisotopic (exact) mass is 383 g/mol. The van der Waals surface area contributed by atoms with Crippen LogP contribution in [0.2, 0.25) is 0 Å². The number of ether oxygens (including phenoxy) is 2. The van der Waals surface area contributed by atoms with E-state index in [1.807, 2.05) is 42.1 Å². The number of methoxy groups -OCH3 is 1. The molecule has 0 spiro atoms. The largest absolute Gasteiger partial charge is 0.497 e. The van der Waals surface area contributed by atoms with Gasteiger partial charge in [0.1, 0.15) is 29.2 Å². The Labute approximate surface area is 162 Å². The van der Waals surface area contributed by atoms with Gasteiger partial charge in [-0.2, -0.15) is 0 Å². The van der Waals surface area contributed by atoms with Gasteiger partial charge in [0, 0.05) is 19.4 Å². The van der Waals surface area contributed by atoms with E-state index in [1.54, 1.807) is 20.2 Å². The number of rotatable bonds is 7. The van der Waals surface area contributed by atoms with Gasteiger partial charge in [-0.05, 0) is 48.9 Å². The van der Waals surface area contributed by atoms with Crippen molar-refractivity contribution < 1.29 is 18.7 Å². The lowest BCUT2D eigenvalue weighted by Crippen LogP contribution is -2.39. The molecule has 0 saturated carbocycles. The molecule has 0 radical (unpaired) electrons. The van der Waals surface area contributed by atoms with Gasteiger partial charge in [-0.15, -0.1) is 0 Å². The standard InChI is InChI=1S/C21H22FN3O3/c1-14(28-18-10-6-16(22)7-11-18)21(26)24-19(20-23-12-13-25(20)2)15-4-8-17(27-3)9-5-15/h4-14,19H,1-3H3,(H,24,26)/t14-,19-/m1/s1. The van der Waals surface area contributed by atoms with E-state index in [4.69, 9.17) is 9.47 Å². The van der Waals surface area contributed by atoms with Crippen molar-refractivity contribution in [1.29, 1.82) is 0 Å². The fraction of sp³-hybridized carbons (Fsp3) is 0.238. The predicted octanol–water partition coefficient (Wildman–Crippen LogP) is 3.24. The number of benzene rings is 2. The molecule has 0 aliphatic rings. The third kappa shape index (κ3) is 4.49. The van der Waals surface area contributed by atoms with Crippen LogP contribution in [0.5, 0.6) is 11.5 Å². The number of carbonyl (C=O) groups is 1. The molecule has 28 heavy (non-hydrogen) atoms. The predicted molar refractivity (Wildman–Crippen MR) is 103 cm³/mol. The topological polar surface area (TPSA) is 65.4 Å². The molecule has 1 amide bonds. The molecular weight excluding hydrogens is 361 g/mol. The van der Waals surface area contributed by atoms with E-state index in [1.165, 1.54) is 24.3 Å². The Kier molecular flexibility index (Phi) is 5.93. The molecule has 0 bridgehead atoms. The van der Waals surface area contributed by atoms with Crippen molar-refractivity contribution in [2.24, 2.45) is 7.05 Å². The highest BCUT2D eigenvalue weighted by Gasteiger charge is 2.24. The molecule has 0 aliphatic heterocycles. The summed E-state index contributed by atoms with van der Waals surface area (Å²) in [4.78, 5) is 17.1. The van der Waals surface area contributed by atoms with Crippen molar-refractivity contribution >= 4 is 5.91 Å². The molecule has 3 rings (SSSR count). The van der Waals surface area contributed by atoms with Crippen molar-refractivity contribution in [2.45, 2.75) is 19.1 Å². The van der Waals surface area contributed by atoms with Gasteiger partial charge in [0.25, 0.3) is 5.91 Å². The molecule has 1 N–H and O–H groups in total. The average Bonchev–Trinajstić information content (AvgIpc) is 3.13. The first-order chi connectivity index (χ1) is 13.5. The van der Waals surface area contributed by atoms with Crippen molar-refractivity contribution in [3.8, 4) is 11.5 Å². The molecule has 146 valence electrons. The van der Waals surface area contributed by atoms with Crippen LogP contribution in [0, 0.1) is 5.82 Å². The molecule has 1 aromatic heterocycles. The van der Waals surface area contributed by atoms with Gasteiger partial charge in [0.2, 0.25) is 0 Å². The summed E-state index contributed by atoms with van der Waals surface area (Å²) in [6, 6.07) is 12.5. The van der Waals surface area contributed by atoms with Crippen LogP contribution in [0.3, 0.4) is 0 Å². The van der Waals surface area contributed by atoms with Crippen molar-refractivity contribution in [2.75, 3.05) is 7.11 Å². The van der Waals surface area contributed by atoms with Crippen molar-refractivity contribution in [3.63, 3.8) is 0 Å². The van der Waals surface area contributed by atoms with Crippen LogP contribution in [0.25, 0.3) is 0 Å². The van der Waals surface area contributed by atoms with Gasteiger partial charge in [0.15, 0.2) is 6.10 Å². The molecule has 0 fully saturated rings. The maximum absolute atomic E-state index is 13.0. The maximum atomic E-state index is 13.0. The molecular formula is C21H22FN3O3. The number of hydrogen-bond acceptors (Lipinski definition) is 4. The first kappa shape index (κ1) is 19.4. The van der Waals surface area contributed by atoms with Gasteiger partial charge < -0.3 is 19.4 Å². The molecule has 3 aromatic rings. The van der Waals surface area contributed by atoms with Gasteiger partial charge in [0.05, 0.1) is 7.11 Å². The lowest BCUT2D eigenvalue weighted by Gasteiger charge is -2.22. The Morgan fingerprint density at radius 2 is 1.75 bits per heavy atom. The smallest absolute Gasteiger partial charge is 0.261 e. The van der Waals surface area contributed by atoms with E-state index in [2.05, 4.69) is 10.3 Å². The molecule has 1 heterocycles. The van der Waals surface area contributed by atoms with Gasteiger partial charge >= 0.3 is 0 Å². The second-order valence-corrected chi connectivity index (χ2v) is 6.33. The summed E-state index contributed by atoms with van der Waals surface area (Å²) >= 11 is 0. The van der Waals surface area contributed by atoms with Crippen LogP contribution in [0.15, 0.2) is 60.9 Å². The van der Waals surface area contributed by atoms with Crippen LogP contribution < -0.4 is 14.8 Å². The number of amides is 1. The summed E-state index contributed by atoms with van der Waals surface area (Å²) in [5.41, 5.74) is 0.859. The summed E-state index contributed by atoms with van der Waals surface area (Å²) in [7, 11) is 3.46. The second kappa shape index (κ2) is 8.56. The summed E-state index contributed by atoms with van der Waals surface area (Å²) in [5.74, 6) is 1.16. The van der Waals surface area contributed by atoms with Crippen LogP contribution in [0.4, 0.5) is 4.39 Å². The highest BCUT2D eigenvalue weighted by molar-refractivity contribution is 5.81.